The van der Waals surface area contributed by atoms with Gasteiger partial charge >= 0.3 is 18.0 Å². The second-order valence-electron chi connectivity index (χ2n) is 6.21. The van der Waals surface area contributed by atoms with Crippen LogP contribution in [0.25, 0.3) is 0 Å². The molecule has 1 rings (SSSR count). The van der Waals surface area contributed by atoms with Gasteiger partial charge in [-0.05, 0) is 25.8 Å². The van der Waals surface area contributed by atoms with Crippen molar-refractivity contribution in [1.82, 2.24) is 5.32 Å². The van der Waals surface area contributed by atoms with Gasteiger partial charge in [0.15, 0.2) is 6.07 Å². The molecule has 0 bridgehead atoms. The first-order valence-electron chi connectivity index (χ1n) is 8.15. The average molecular weight is 386 g/mol. The summed E-state index contributed by atoms with van der Waals surface area (Å²) >= 11 is 5.32. The Balaban J connectivity index is 2.37. The normalized spacial score (nSPS) is 12.0. The highest BCUT2D eigenvalue weighted by atomic mass is 35.5. The van der Waals surface area contributed by atoms with Gasteiger partial charge in [-0.15, -0.1) is 0 Å². The molecular formula is C18H24ClNO6. The van der Waals surface area contributed by atoms with E-state index in [9.17, 15) is 14.4 Å². The van der Waals surface area contributed by atoms with Crippen LogP contribution in [0.15, 0.2) is 30.3 Å². The van der Waals surface area contributed by atoms with E-state index >= 15 is 0 Å². The molecule has 0 saturated carbocycles. The van der Waals surface area contributed by atoms with Crippen molar-refractivity contribution in [1.29, 1.82) is 0 Å². The molecule has 1 amide bonds. The highest BCUT2D eigenvalue weighted by Crippen LogP contribution is 2.10. The van der Waals surface area contributed by atoms with Crippen LogP contribution in [0, 0.1) is 5.92 Å². The van der Waals surface area contributed by atoms with Crippen LogP contribution >= 0.6 is 11.6 Å². The van der Waals surface area contributed by atoms with Gasteiger partial charge in [-0.2, -0.15) is 0 Å². The van der Waals surface area contributed by atoms with Gasteiger partial charge in [0.2, 0.25) is 0 Å². The number of hydrogen-bond donors (Lipinski definition) is 1. The Morgan fingerprint density at radius 2 is 1.77 bits per heavy atom. The lowest BCUT2D eigenvalue weighted by Crippen LogP contribution is -2.50. The molecule has 0 saturated heterocycles. The highest BCUT2D eigenvalue weighted by molar-refractivity contribution is 6.17. The minimum Gasteiger partial charge on any atom is -0.464 e. The van der Waals surface area contributed by atoms with E-state index in [1.165, 1.54) is 13.8 Å². The van der Waals surface area contributed by atoms with Crippen molar-refractivity contribution in [2.24, 2.45) is 5.92 Å². The number of alkyl carbamates (subject to hydrolysis) is 1. The summed E-state index contributed by atoms with van der Waals surface area (Å²) in [6, 6.07) is 8.96. The number of rotatable bonds is 9. The Hall–Kier alpha value is -2.28. The molecule has 0 fully saturated rings. The Morgan fingerprint density at radius 1 is 1.12 bits per heavy atom. The fourth-order valence-corrected chi connectivity index (χ4v) is 2.00. The minimum atomic E-state index is -1.27. The van der Waals surface area contributed by atoms with Crippen LogP contribution in [0.1, 0.15) is 32.8 Å². The quantitative estimate of drug-likeness (QED) is 0.399. The van der Waals surface area contributed by atoms with Crippen LogP contribution in [-0.2, 0) is 30.4 Å². The zero-order chi connectivity index (χ0) is 19.6. The van der Waals surface area contributed by atoms with E-state index in [2.05, 4.69) is 10.1 Å². The van der Waals surface area contributed by atoms with Crippen LogP contribution in [0.5, 0.6) is 0 Å². The molecule has 8 heteroatoms. The fourth-order valence-electron chi connectivity index (χ4n) is 1.89. The number of nitrogens with one attached hydrogen (secondary N) is 1. The van der Waals surface area contributed by atoms with Crippen molar-refractivity contribution in [3.8, 4) is 0 Å². The van der Waals surface area contributed by atoms with Crippen LogP contribution < -0.4 is 5.32 Å². The van der Waals surface area contributed by atoms with E-state index in [4.69, 9.17) is 21.1 Å². The van der Waals surface area contributed by atoms with E-state index in [1.54, 1.807) is 6.92 Å². The number of esters is 2. The molecule has 1 unspecified atom stereocenters. The third-order valence-corrected chi connectivity index (χ3v) is 3.63. The number of amides is 1. The van der Waals surface area contributed by atoms with Crippen LogP contribution in [0.4, 0.5) is 4.79 Å². The van der Waals surface area contributed by atoms with Gasteiger partial charge in [0.1, 0.15) is 12.1 Å². The van der Waals surface area contributed by atoms with Gasteiger partial charge in [0, 0.05) is 0 Å². The molecule has 144 valence electrons. The first kappa shape index (κ1) is 21.8. The summed E-state index contributed by atoms with van der Waals surface area (Å²) in [6.07, 6.45) is -0.439. The summed E-state index contributed by atoms with van der Waals surface area (Å²) in [5, 5.41) is 2.46. The van der Waals surface area contributed by atoms with E-state index in [0.717, 1.165) is 5.56 Å². The second-order valence-corrected chi connectivity index (χ2v) is 6.43. The first-order chi connectivity index (χ1) is 12.3. The predicted octanol–water partition coefficient (Wildman–Crippen LogP) is 3.00. The molecule has 0 radical (unpaired) electrons. The fraction of sp³-hybridized carbons (Fsp3) is 0.500. The Morgan fingerprint density at radius 3 is 2.38 bits per heavy atom. The molecule has 0 aromatic heterocycles. The molecule has 0 spiro atoms. The number of halogens is 1. The third-order valence-electron chi connectivity index (χ3n) is 3.52. The lowest BCUT2D eigenvalue weighted by Gasteiger charge is -2.24. The largest absolute Gasteiger partial charge is 0.464 e. The average Bonchev–Trinajstić information content (AvgIpc) is 2.60. The lowest BCUT2D eigenvalue weighted by atomic mass is 10.1. The van der Waals surface area contributed by atoms with Gasteiger partial charge in [-0.3, -0.25) is 4.79 Å². The Kier molecular flexibility index (Phi) is 8.92. The monoisotopic (exact) mass is 385 g/mol. The predicted molar refractivity (Wildman–Crippen MR) is 95.4 cm³/mol. The van der Waals surface area contributed by atoms with Gasteiger partial charge in [-0.25, -0.2) is 9.59 Å². The van der Waals surface area contributed by atoms with Gasteiger partial charge < -0.3 is 19.5 Å². The second kappa shape index (κ2) is 10.7. The maximum Gasteiger partial charge on any atom is 0.408 e. The molecule has 0 aliphatic carbocycles. The van der Waals surface area contributed by atoms with Crippen molar-refractivity contribution >= 4 is 29.6 Å². The Labute approximate surface area is 157 Å². The van der Waals surface area contributed by atoms with Crippen molar-refractivity contribution in [3.63, 3.8) is 0 Å². The minimum absolute atomic E-state index is 0.0154. The topological polar surface area (TPSA) is 90.9 Å². The van der Waals surface area contributed by atoms with Crippen LogP contribution in [0.3, 0.4) is 0 Å². The SMILES string of the molecule is CC(CCOC(=O)C(C)(C)NC(=O)OCc1ccccc1)C(=O)OCCl. The molecule has 0 aliphatic rings. The molecule has 1 aromatic rings. The molecular weight excluding hydrogens is 362 g/mol. The first-order valence-corrected chi connectivity index (χ1v) is 8.68. The molecule has 7 nitrogen and oxygen atoms in total. The van der Waals surface area contributed by atoms with Gasteiger partial charge in [0.25, 0.3) is 0 Å². The summed E-state index contributed by atoms with van der Waals surface area (Å²) in [6.45, 7) is 4.77. The number of alkyl halides is 1. The van der Waals surface area contributed by atoms with Crippen molar-refractivity contribution in [2.45, 2.75) is 39.3 Å². The molecule has 1 N–H and O–H groups in total. The molecule has 1 aromatic carbocycles. The maximum atomic E-state index is 12.1. The number of hydrogen-bond acceptors (Lipinski definition) is 6. The highest BCUT2D eigenvalue weighted by Gasteiger charge is 2.32. The zero-order valence-electron chi connectivity index (χ0n) is 15.1. The van der Waals surface area contributed by atoms with Gasteiger partial charge in [-0.1, -0.05) is 48.9 Å². The summed E-state index contributed by atoms with van der Waals surface area (Å²) in [7, 11) is 0. The smallest absolute Gasteiger partial charge is 0.408 e. The summed E-state index contributed by atoms with van der Waals surface area (Å²) in [5.41, 5.74) is -0.436. The zero-order valence-corrected chi connectivity index (χ0v) is 15.9. The van der Waals surface area contributed by atoms with Crippen molar-refractivity contribution in [2.75, 3.05) is 12.7 Å². The van der Waals surface area contributed by atoms with E-state index in [0.29, 0.717) is 0 Å². The van der Waals surface area contributed by atoms with Gasteiger partial charge in [0.05, 0.1) is 12.5 Å². The molecule has 0 aliphatic heterocycles. The van der Waals surface area contributed by atoms with E-state index in [-0.39, 0.29) is 25.7 Å². The van der Waals surface area contributed by atoms with E-state index < -0.39 is 29.5 Å². The summed E-state index contributed by atoms with van der Waals surface area (Å²) in [5.74, 6) is -1.54. The van der Waals surface area contributed by atoms with Crippen molar-refractivity contribution < 1.29 is 28.6 Å². The summed E-state index contributed by atoms with van der Waals surface area (Å²) in [4.78, 5) is 35.4. The lowest BCUT2D eigenvalue weighted by molar-refractivity contribution is -0.153. The molecule has 1 atom stereocenters. The van der Waals surface area contributed by atoms with Crippen molar-refractivity contribution in [3.05, 3.63) is 35.9 Å². The summed E-state index contributed by atoms with van der Waals surface area (Å²) < 4.78 is 14.9. The number of benzene rings is 1. The number of ether oxygens (including phenoxy) is 3. The Bertz CT molecular complexity index is 605. The molecule has 26 heavy (non-hydrogen) atoms. The molecule has 0 heterocycles. The van der Waals surface area contributed by atoms with Crippen LogP contribution in [-0.4, -0.2) is 36.2 Å². The van der Waals surface area contributed by atoms with E-state index in [1.807, 2.05) is 30.3 Å². The standard InChI is InChI=1S/C18H24ClNO6/c1-13(15(21)26-12-19)9-10-24-16(22)18(2,3)20-17(23)25-11-14-7-5-4-6-8-14/h4-8,13H,9-12H2,1-3H3,(H,20,23). The number of carbonyl (C=O) groups is 3. The third kappa shape index (κ3) is 7.74. The number of carbonyl (C=O) groups excluding carboxylic acids is 3. The maximum absolute atomic E-state index is 12.1. The van der Waals surface area contributed by atoms with Crippen LogP contribution in [0.2, 0.25) is 0 Å².